The Kier molecular flexibility index (Phi) is 4.50. The van der Waals surface area contributed by atoms with E-state index in [1.807, 2.05) is 0 Å². The highest BCUT2D eigenvalue weighted by Gasteiger charge is 2.16. The molecular weight excluding hydrogens is 419 g/mol. The number of hydrogen-bond donors (Lipinski definition) is 1. The second kappa shape index (κ2) is 5.78. The summed E-state index contributed by atoms with van der Waals surface area (Å²) in [5.41, 5.74) is 0. The summed E-state index contributed by atoms with van der Waals surface area (Å²) in [7, 11) is -3.69. The summed E-state index contributed by atoms with van der Waals surface area (Å²) in [6.45, 7) is 0. The topological polar surface area (TPSA) is 59.1 Å². The van der Waals surface area contributed by atoms with Crippen LogP contribution in [0.5, 0.6) is 0 Å². The molecule has 1 N–H and O–H groups in total. The lowest BCUT2D eigenvalue weighted by molar-refractivity contribution is 0.601. The third kappa shape index (κ3) is 3.68. The van der Waals surface area contributed by atoms with E-state index in [2.05, 4.69) is 41.6 Å². The molecule has 0 saturated carbocycles. The van der Waals surface area contributed by atoms with Crippen molar-refractivity contribution in [3.05, 3.63) is 50.5 Å². The van der Waals surface area contributed by atoms with Gasteiger partial charge in [0.15, 0.2) is 0 Å². The van der Waals surface area contributed by atoms with Gasteiger partial charge < -0.3 is 0 Å². The smallest absolute Gasteiger partial charge is 0.263 e. The molecule has 0 amide bonds. The molecule has 0 unspecified atom stereocenters. The van der Waals surface area contributed by atoms with E-state index < -0.39 is 10.0 Å². The van der Waals surface area contributed by atoms with Gasteiger partial charge in [0.25, 0.3) is 10.0 Å². The van der Waals surface area contributed by atoms with E-state index in [0.717, 1.165) is 0 Å². The lowest BCUT2D eigenvalue weighted by Crippen LogP contribution is -2.13. The number of aromatic nitrogens is 1. The normalized spacial score (nSPS) is 11.3. The van der Waals surface area contributed by atoms with E-state index in [4.69, 9.17) is 11.6 Å². The first kappa shape index (κ1) is 14.8. The molecule has 0 spiro atoms. The zero-order valence-corrected chi connectivity index (χ0v) is 14.0. The van der Waals surface area contributed by atoms with Crippen molar-refractivity contribution in [2.75, 3.05) is 4.72 Å². The van der Waals surface area contributed by atoms with Crippen LogP contribution in [0.3, 0.4) is 0 Å². The van der Waals surface area contributed by atoms with Gasteiger partial charge in [-0.3, -0.25) is 4.72 Å². The van der Waals surface area contributed by atoms with Crippen LogP contribution < -0.4 is 4.72 Å². The van der Waals surface area contributed by atoms with Crippen LogP contribution >= 0.6 is 43.5 Å². The molecule has 0 aliphatic carbocycles. The summed E-state index contributed by atoms with van der Waals surface area (Å²) in [6.07, 6.45) is 0. The number of nitrogens with one attached hydrogen (secondary N) is 1. The first-order valence-electron chi connectivity index (χ1n) is 4.99. The van der Waals surface area contributed by atoms with E-state index >= 15 is 0 Å². The van der Waals surface area contributed by atoms with Gasteiger partial charge in [0.1, 0.15) is 10.4 Å². The van der Waals surface area contributed by atoms with Gasteiger partial charge in [-0.1, -0.05) is 17.7 Å². The molecule has 4 nitrogen and oxygen atoms in total. The number of anilines is 1. The minimum atomic E-state index is -3.69. The molecule has 0 radical (unpaired) electrons. The number of hydrogen-bond acceptors (Lipinski definition) is 3. The Morgan fingerprint density at radius 1 is 1.16 bits per heavy atom. The molecule has 1 aromatic carbocycles. The maximum Gasteiger partial charge on any atom is 0.263 e. The summed E-state index contributed by atoms with van der Waals surface area (Å²) < 4.78 is 27.7. The molecule has 0 saturated heterocycles. The maximum atomic E-state index is 12.1. The second-order valence-corrected chi connectivity index (χ2v) is 7.28. The molecule has 0 bridgehead atoms. The highest BCUT2D eigenvalue weighted by molar-refractivity contribution is 9.10. The third-order valence-corrected chi connectivity index (χ3v) is 5.16. The van der Waals surface area contributed by atoms with Gasteiger partial charge >= 0.3 is 0 Å². The average molecular weight is 427 g/mol. The van der Waals surface area contributed by atoms with E-state index in [1.165, 1.54) is 18.2 Å². The first-order valence-corrected chi connectivity index (χ1v) is 8.43. The fourth-order valence-corrected chi connectivity index (χ4v) is 3.32. The van der Waals surface area contributed by atoms with E-state index in [9.17, 15) is 8.42 Å². The lowest BCUT2D eigenvalue weighted by Gasteiger charge is -2.08. The highest BCUT2D eigenvalue weighted by Crippen LogP contribution is 2.26. The predicted molar refractivity (Wildman–Crippen MR) is 81.9 cm³/mol. The quantitative estimate of drug-likeness (QED) is 0.753. The summed E-state index contributed by atoms with van der Waals surface area (Å²) >= 11 is 12.2. The van der Waals surface area contributed by atoms with Crippen LogP contribution in [0.1, 0.15) is 0 Å². The number of sulfonamides is 1. The van der Waals surface area contributed by atoms with Crippen LogP contribution in [0.15, 0.2) is 50.4 Å². The number of nitrogens with zero attached hydrogens (tertiary/aromatic N) is 1. The van der Waals surface area contributed by atoms with Crippen molar-refractivity contribution in [3.63, 3.8) is 0 Å². The zero-order valence-electron chi connectivity index (χ0n) is 9.27. The summed E-state index contributed by atoms with van der Waals surface area (Å²) in [4.78, 5) is 4.11. The molecule has 0 aliphatic rings. The zero-order chi connectivity index (χ0) is 14.0. The highest BCUT2D eigenvalue weighted by atomic mass is 79.9. The number of pyridine rings is 1. The molecular formula is C11H7Br2ClN2O2S. The van der Waals surface area contributed by atoms with Crippen LogP contribution in [0.4, 0.5) is 5.82 Å². The molecule has 0 aliphatic heterocycles. The Morgan fingerprint density at radius 2 is 1.89 bits per heavy atom. The van der Waals surface area contributed by atoms with Crippen molar-refractivity contribution in [2.24, 2.45) is 0 Å². The second-order valence-electron chi connectivity index (χ2n) is 3.53. The third-order valence-electron chi connectivity index (χ3n) is 2.16. The van der Waals surface area contributed by atoms with Crippen LogP contribution in [-0.4, -0.2) is 13.4 Å². The van der Waals surface area contributed by atoms with Gasteiger partial charge in [-0.2, -0.15) is 0 Å². The van der Waals surface area contributed by atoms with E-state index in [0.29, 0.717) is 14.1 Å². The van der Waals surface area contributed by atoms with Crippen molar-refractivity contribution in [3.8, 4) is 0 Å². The van der Waals surface area contributed by atoms with Crippen LogP contribution in [-0.2, 0) is 10.0 Å². The maximum absolute atomic E-state index is 12.1. The first-order chi connectivity index (χ1) is 8.88. The minimum Gasteiger partial charge on any atom is -0.263 e. The SMILES string of the molecule is O=S(=O)(Nc1cccc(Br)n1)c1ccc(Cl)c(Br)c1. The standard InChI is InChI=1S/C11H7Br2ClN2O2S/c12-8-6-7(4-5-9(8)14)19(17,18)16-11-3-1-2-10(13)15-11/h1-6H,(H,15,16). The average Bonchev–Trinajstić information content (AvgIpc) is 2.32. The summed E-state index contributed by atoms with van der Waals surface area (Å²) in [5.74, 6) is 0.237. The molecule has 100 valence electrons. The largest absolute Gasteiger partial charge is 0.263 e. The number of benzene rings is 1. The molecule has 8 heteroatoms. The fourth-order valence-electron chi connectivity index (χ4n) is 1.31. The van der Waals surface area contributed by atoms with Gasteiger partial charge in [0, 0.05) is 4.47 Å². The number of rotatable bonds is 3. The number of halogens is 3. The molecule has 0 fully saturated rings. The molecule has 1 aromatic heterocycles. The Bertz CT molecular complexity index is 722. The van der Waals surface area contributed by atoms with Crippen molar-refractivity contribution in [1.29, 1.82) is 0 Å². The van der Waals surface area contributed by atoms with Gasteiger partial charge in [-0.05, 0) is 62.2 Å². The predicted octanol–water partition coefficient (Wildman–Crippen LogP) is 4.06. The Morgan fingerprint density at radius 3 is 2.53 bits per heavy atom. The summed E-state index contributed by atoms with van der Waals surface area (Å²) in [6, 6.07) is 9.32. The lowest BCUT2D eigenvalue weighted by atomic mass is 10.4. The van der Waals surface area contributed by atoms with Crippen LogP contribution in [0.2, 0.25) is 5.02 Å². The summed E-state index contributed by atoms with van der Waals surface area (Å²) in [5, 5.41) is 0.444. The molecule has 1 heterocycles. The van der Waals surface area contributed by atoms with Crippen molar-refractivity contribution < 1.29 is 8.42 Å². The van der Waals surface area contributed by atoms with Crippen LogP contribution in [0.25, 0.3) is 0 Å². The Hall–Kier alpha value is -0.630. The van der Waals surface area contributed by atoms with Crippen molar-refractivity contribution in [2.45, 2.75) is 4.90 Å². The minimum absolute atomic E-state index is 0.102. The monoisotopic (exact) mass is 424 g/mol. The van der Waals surface area contributed by atoms with E-state index in [-0.39, 0.29) is 10.7 Å². The Labute approximate surface area is 132 Å². The fraction of sp³-hybridized carbons (Fsp3) is 0. The van der Waals surface area contributed by atoms with Crippen LogP contribution in [0, 0.1) is 0 Å². The van der Waals surface area contributed by atoms with Gasteiger partial charge in [0.05, 0.1) is 9.92 Å². The van der Waals surface area contributed by atoms with E-state index in [1.54, 1.807) is 18.2 Å². The molecule has 2 rings (SSSR count). The van der Waals surface area contributed by atoms with Gasteiger partial charge in [-0.15, -0.1) is 0 Å². The molecule has 0 atom stereocenters. The Balaban J connectivity index is 2.35. The van der Waals surface area contributed by atoms with Crippen molar-refractivity contribution in [1.82, 2.24) is 4.98 Å². The molecule has 2 aromatic rings. The van der Waals surface area contributed by atoms with Gasteiger partial charge in [0.2, 0.25) is 0 Å². The molecule has 19 heavy (non-hydrogen) atoms. The van der Waals surface area contributed by atoms with Crippen molar-refractivity contribution >= 4 is 59.3 Å². The van der Waals surface area contributed by atoms with Gasteiger partial charge in [-0.25, -0.2) is 13.4 Å².